The number of rotatable bonds is 4. The molecule has 3 rings (SSSR count). The summed E-state index contributed by atoms with van der Waals surface area (Å²) in [4.78, 5) is -0.324. The Morgan fingerprint density at radius 3 is 2.35 bits per heavy atom. The number of benzene rings is 2. The van der Waals surface area contributed by atoms with Gasteiger partial charge in [-0.2, -0.15) is 4.31 Å². The smallest absolute Gasteiger partial charge is 0.207 e. The van der Waals surface area contributed by atoms with Gasteiger partial charge in [-0.25, -0.2) is 17.2 Å². The predicted molar refractivity (Wildman–Crippen MR) is 83.4 cm³/mol. The van der Waals surface area contributed by atoms with Gasteiger partial charge in [-0.3, -0.25) is 0 Å². The Labute approximate surface area is 134 Å². The van der Waals surface area contributed by atoms with Gasteiger partial charge in [0.2, 0.25) is 10.0 Å². The van der Waals surface area contributed by atoms with Crippen molar-refractivity contribution in [1.82, 2.24) is 4.31 Å². The molecule has 1 aliphatic heterocycles. The summed E-state index contributed by atoms with van der Waals surface area (Å²) in [5.74, 6) is -1.77. The molecule has 1 unspecified atom stereocenters. The number of sulfonamides is 1. The molecule has 0 aliphatic carbocycles. The van der Waals surface area contributed by atoms with Gasteiger partial charge in [0.1, 0.15) is 11.6 Å². The van der Waals surface area contributed by atoms with E-state index in [9.17, 15) is 17.2 Å². The van der Waals surface area contributed by atoms with E-state index < -0.39 is 21.7 Å². The van der Waals surface area contributed by atoms with Crippen molar-refractivity contribution < 1.29 is 17.2 Å². The fraction of sp³-hybridized carbons (Fsp3) is 0.294. The lowest BCUT2D eigenvalue weighted by molar-refractivity contribution is 0.385. The maximum absolute atomic E-state index is 13.4. The first kappa shape index (κ1) is 16.1. The average Bonchev–Trinajstić information content (AvgIpc) is 2.96. The second-order valence-corrected chi connectivity index (χ2v) is 7.60. The van der Waals surface area contributed by atoms with Crippen LogP contribution in [0.1, 0.15) is 18.4 Å². The van der Waals surface area contributed by atoms with Crippen molar-refractivity contribution in [3.8, 4) is 0 Å². The Morgan fingerprint density at radius 1 is 1.04 bits per heavy atom. The summed E-state index contributed by atoms with van der Waals surface area (Å²) in [6, 6.07) is 11.8. The summed E-state index contributed by atoms with van der Waals surface area (Å²) in [6.45, 7) is 0.373. The standard InChI is InChI=1S/C17H17F2NO2S/c18-14-10-15(19)12-17(11-14)23(21,22)20-8-4-7-16(20)9-13-5-2-1-3-6-13/h1-3,5-6,10-12,16H,4,7-9H2. The van der Waals surface area contributed by atoms with Crippen LogP contribution < -0.4 is 0 Å². The molecule has 3 nitrogen and oxygen atoms in total. The van der Waals surface area contributed by atoms with E-state index in [1.165, 1.54) is 4.31 Å². The van der Waals surface area contributed by atoms with E-state index in [1.807, 2.05) is 30.3 Å². The molecule has 1 atom stereocenters. The van der Waals surface area contributed by atoms with Crippen LogP contribution in [0.5, 0.6) is 0 Å². The SMILES string of the molecule is O=S(=O)(c1cc(F)cc(F)c1)N1CCCC1Cc1ccccc1. The Bertz CT molecular complexity index is 773. The summed E-state index contributed by atoms with van der Waals surface area (Å²) < 4.78 is 53.6. The Hall–Kier alpha value is -1.79. The van der Waals surface area contributed by atoms with Gasteiger partial charge in [-0.05, 0) is 37.0 Å². The summed E-state index contributed by atoms with van der Waals surface area (Å²) in [6.07, 6.45) is 2.08. The molecule has 6 heteroatoms. The number of halogens is 2. The molecule has 0 saturated carbocycles. The lowest BCUT2D eigenvalue weighted by Gasteiger charge is -2.24. The van der Waals surface area contributed by atoms with Gasteiger partial charge in [0.15, 0.2) is 0 Å². The van der Waals surface area contributed by atoms with Crippen molar-refractivity contribution in [2.45, 2.75) is 30.2 Å². The Balaban J connectivity index is 1.89. The first-order valence-electron chi connectivity index (χ1n) is 7.49. The molecule has 2 aromatic rings. The molecule has 0 radical (unpaired) electrons. The van der Waals surface area contributed by atoms with Crippen LogP contribution in [0.2, 0.25) is 0 Å². The first-order valence-corrected chi connectivity index (χ1v) is 8.93. The third-order valence-corrected chi connectivity index (χ3v) is 6.01. The molecule has 0 spiro atoms. The van der Waals surface area contributed by atoms with E-state index in [2.05, 4.69) is 0 Å². The second kappa shape index (κ2) is 6.37. The van der Waals surface area contributed by atoms with E-state index in [0.717, 1.165) is 30.5 Å². The van der Waals surface area contributed by atoms with Gasteiger partial charge in [0, 0.05) is 18.7 Å². The highest BCUT2D eigenvalue weighted by atomic mass is 32.2. The Kier molecular flexibility index (Phi) is 4.46. The predicted octanol–water partition coefficient (Wildman–Crippen LogP) is 3.36. The van der Waals surface area contributed by atoms with Crippen LogP contribution >= 0.6 is 0 Å². The van der Waals surface area contributed by atoms with Gasteiger partial charge in [-0.1, -0.05) is 30.3 Å². The molecule has 0 N–H and O–H groups in total. The minimum Gasteiger partial charge on any atom is -0.207 e. The van der Waals surface area contributed by atoms with Crippen molar-refractivity contribution in [2.24, 2.45) is 0 Å². The van der Waals surface area contributed by atoms with Gasteiger partial charge in [-0.15, -0.1) is 0 Å². The molecule has 1 heterocycles. The van der Waals surface area contributed by atoms with Crippen LogP contribution in [0.25, 0.3) is 0 Å². The zero-order valence-electron chi connectivity index (χ0n) is 12.5. The molecule has 0 bridgehead atoms. The van der Waals surface area contributed by atoms with Crippen molar-refractivity contribution in [2.75, 3.05) is 6.54 Å². The molecule has 23 heavy (non-hydrogen) atoms. The molecule has 0 aromatic heterocycles. The second-order valence-electron chi connectivity index (χ2n) is 5.71. The lowest BCUT2D eigenvalue weighted by Crippen LogP contribution is -2.36. The fourth-order valence-corrected chi connectivity index (χ4v) is 4.76. The van der Waals surface area contributed by atoms with Crippen molar-refractivity contribution in [3.63, 3.8) is 0 Å². The third-order valence-electron chi connectivity index (χ3n) is 4.08. The Morgan fingerprint density at radius 2 is 1.70 bits per heavy atom. The van der Waals surface area contributed by atoms with E-state index >= 15 is 0 Å². The maximum Gasteiger partial charge on any atom is 0.243 e. The molecule has 1 saturated heterocycles. The largest absolute Gasteiger partial charge is 0.243 e. The van der Waals surface area contributed by atoms with Crippen LogP contribution in [0.4, 0.5) is 8.78 Å². The normalized spacial score (nSPS) is 19.1. The zero-order valence-corrected chi connectivity index (χ0v) is 13.3. The highest BCUT2D eigenvalue weighted by molar-refractivity contribution is 7.89. The molecule has 122 valence electrons. The third kappa shape index (κ3) is 3.43. The highest BCUT2D eigenvalue weighted by Gasteiger charge is 2.35. The molecule has 0 amide bonds. The van der Waals surface area contributed by atoms with Crippen molar-refractivity contribution >= 4 is 10.0 Å². The molecule has 2 aromatic carbocycles. The number of hydrogen-bond donors (Lipinski definition) is 0. The summed E-state index contributed by atoms with van der Waals surface area (Å²) in [5, 5.41) is 0. The van der Waals surface area contributed by atoms with Gasteiger partial charge >= 0.3 is 0 Å². The van der Waals surface area contributed by atoms with E-state index in [4.69, 9.17) is 0 Å². The summed E-state index contributed by atoms with van der Waals surface area (Å²) in [7, 11) is -3.90. The van der Waals surface area contributed by atoms with E-state index in [-0.39, 0.29) is 10.9 Å². The molecular weight excluding hydrogens is 320 g/mol. The van der Waals surface area contributed by atoms with E-state index in [1.54, 1.807) is 0 Å². The van der Waals surface area contributed by atoms with Crippen molar-refractivity contribution in [3.05, 3.63) is 65.7 Å². The van der Waals surface area contributed by atoms with Crippen LogP contribution in [-0.4, -0.2) is 25.3 Å². The van der Waals surface area contributed by atoms with Gasteiger partial charge < -0.3 is 0 Å². The molecular formula is C17H17F2NO2S. The first-order chi connectivity index (χ1) is 11.0. The fourth-order valence-electron chi connectivity index (χ4n) is 3.03. The quantitative estimate of drug-likeness (QED) is 0.858. The maximum atomic E-state index is 13.4. The molecule has 1 aliphatic rings. The zero-order chi connectivity index (χ0) is 16.4. The van der Waals surface area contributed by atoms with Crippen LogP contribution in [0, 0.1) is 11.6 Å². The number of hydrogen-bond acceptors (Lipinski definition) is 2. The highest BCUT2D eigenvalue weighted by Crippen LogP contribution is 2.28. The minimum absolute atomic E-state index is 0.186. The van der Waals surface area contributed by atoms with Crippen LogP contribution in [0.3, 0.4) is 0 Å². The number of nitrogens with zero attached hydrogens (tertiary/aromatic N) is 1. The summed E-state index contributed by atoms with van der Waals surface area (Å²) in [5.41, 5.74) is 1.05. The van der Waals surface area contributed by atoms with Gasteiger partial charge in [0.25, 0.3) is 0 Å². The summed E-state index contributed by atoms with van der Waals surface area (Å²) >= 11 is 0. The van der Waals surface area contributed by atoms with Crippen LogP contribution in [0.15, 0.2) is 53.4 Å². The van der Waals surface area contributed by atoms with E-state index in [0.29, 0.717) is 19.0 Å². The van der Waals surface area contributed by atoms with Gasteiger partial charge in [0.05, 0.1) is 4.90 Å². The van der Waals surface area contributed by atoms with Crippen LogP contribution in [-0.2, 0) is 16.4 Å². The minimum atomic E-state index is -3.90. The monoisotopic (exact) mass is 337 g/mol. The molecule has 1 fully saturated rings. The average molecular weight is 337 g/mol. The topological polar surface area (TPSA) is 37.4 Å². The lowest BCUT2D eigenvalue weighted by atomic mass is 10.1. The van der Waals surface area contributed by atoms with Crippen molar-refractivity contribution in [1.29, 1.82) is 0 Å².